The van der Waals surface area contributed by atoms with E-state index in [1.807, 2.05) is 36.1 Å². The Morgan fingerprint density at radius 3 is 2.29 bits per heavy atom. The molecule has 0 radical (unpaired) electrons. The topological polar surface area (TPSA) is 52.7 Å². The Labute approximate surface area is 171 Å². The molecule has 1 heterocycles. The van der Waals surface area contributed by atoms with Gasteiger partial charge < -0.3 is 15.1 Å². The largest absolute Gasteiger partial charge is 0.368 e. The molecule has 28 heavy (non-hydrogen) atoms. The molecule has 3 rings (SSSR count). The molecular weight excluding hydrogens is 370 g/mol. The summed E-state index contributed by atoms with van der Waals surface area (Å²) in [4.78, 5) is 28.7. The predicted octanol–water partition coefficient (Wildman–Crippen LogP) is 3.32. The maximum absolute atomic E-state index is 12.4. The Hall–Kier alpha value is -2.47. The zero-order valence-corrected chi connectivity index (χ0v) is 17.3. The van der Waals surface area contributed by atoms with E-state index < -0.39 is 0 Å². The number of benzene rings is 2. The lowest BCUT2D eigenvalue weighted by Crippen LogP contribution is -2.49. The van der Waals surface area contributed by atoms with Gasteiger partial charge in [0.05, 0.1) is 11.5 Å². The second-order valence-corrected chi connectivity index (χ2v) is 8.10. The van der Waals surface area contributed by atoms with E-state index in [2.05, 4.69) is 41.4 Å². The molecule has 1 aliphatic heterocycles. The molecule has 1 saturated heterocycles. The number of thioether (sulfide) groups is 1. The number of nitrogens with zero attached hydrogens (tertiary/aromatic N) is 2. The van der Waals surface area contributed by atoms with Crippen LogP contribution in [0.5, 0.6) is 0 Å². The summed E-state index contributed by atoms with van der Waals surface area (Å²) in [6.45, 7) is 7.21. The van der Waals surface area contributed by atoms with Crippen molar-refractivity contribution in [2.75, 3.05) is 47.9 Å². The third-order valence-corrected chi connectivity index (χ3v) is 5.68. The minimum Gasteiger partial charge on any atom is -0.368 e. The second kappa shape index (κ2) is 9.64. The number of nitrogens with one attached hydrogen (secondary N) is 1. The van der Waals surface area contributed by atoms with E-state index in [0.29, 0.717) is 5.75 Å². The van der Waals surface area contributed by atoms with Crippen molar-refractivity contribution in [2.45, 2.75) is 13.8 Å². The first-order valence-corrected chi connectivity index (χ1v) is 10.7. The van der Waals surface area contributed by atoms with E-state index >= 15 is 0 Å². The number of hydrogen-bond acceptors (Lipinski definition) is 4. The molecule has 0 atom stereocenters. The summed E-state index contributed by atoms with van der Waals surface area (Å²) in [5.74, 6) is 0.652. The maximum Gasteiger partial charge on any atom is 0.234 e. The quantitative estimate of drug-likeness (QED) is 0.812. The smallest absolute Gasteiger partial charge is 0.234 e. The highest BCUT2D eigenvalue weighted by molar-refractivity contribution is 8.00. The van der Waals surface area contributed by atoms with Crippen LogP contribution in [0.4, 0.5) is 11.4 Å². The van der Waals surface area contributed by atoms with Gasteiger partial charge in [-0.25, -0.2) is 0 Å². The second-order valence-electron chi connectivity index (χ2n) is 7.12. The fourth-order valence-corrected chi connectivity index (χ4v) is 4.00. The molecule has 0 bridgehead atoms. The summed E-state index contributed by atoms with van der Waals surface area (Å²) in [6, 6.07) is 16.2. The van der Waals surface area contributed by atoms with E-state index in [9.17, 15) is 9.59 Å². The van der Waals surface area contributed by atoms with Gasteiger partial charge in [-0.15, -0.1) is 11.8 Å². The number of anilines is 2. The standard InChI is InChI=1S/C22H27N3O2S/c1-17-5-3-7-19(13-17)23-21(26)15-28-16-22(27)25-11-9-24(10-12-25)20-8-4-6-18(2)14-20/h3-8,13-14H,9-12,15-16H2,1-2H3,(H,23,26). The highest BCUT2D eigenvalue weighted by atomic mass is 32.2. The predicted molar refractivity (Wildman–Crippen MR) is 117 cm³/mol. The average molecular weight is 398 g/mol. The molecule has 1 fully saturated rings. The van der Waals surface area contributed by atoms with Crippen molar-refractivity contribution in [3.05, 3.63) is 59.7 Å². The van der Waals surface area contributed by atoms with Gasteiger partial charge in [-0.2, -0.15) is 0 Å². The van der Waals surface area contributed by atoms with Crippen LogP contribution in [0.3, 0.4) is 0 Å². The Kier molecular flexibility index (Phi) is 6.98. The lowest BCUT2D eigenvalue weighted by atomic mass is 10.2. The SMILES string of the molecule is Cc1cccc(NC(=O)CSCC(=O)N2CCN(c3cccc(C)c3)CC2)c1. The van der Waals surface area contributed by atoms with Crippen LogP contribution in [0.1, 0.15) is 11.1 Å². The van der Waals surface area contributed by atoms with Crippen LogP contribution in [0.25, 0.3) is 0 Å². The van der Waals surface area contributed by atoms with Gasteiger partial charge in [0.15, 0.2) is 0 Å². The Balaban J connectivity index is 1.38. The number of aryl methyl sites for hydroxylation is 2. The van der Waals surface area contributed by atoms with Crippen LogP contribution in [0.2, 0.25) is 0 Å². The number of rotatable bonds is 6. The first-order valence-electron chi connectivity index (χ1n) is 9.55. The number of hydrogen-bond donors (Lipinski definition) is 1. The van der Waals surface area contributed by atoms with Gasteiger partial charge in [-0.05, 0) is 49.2 Å². The third-order valence-electron chi connectivity index (χ3n) is 4.76. The van der Waals surface area contributed by atoms with Crippen LogP contribution in [0, 0.1) is 13.8 Å². The van der Waals surface area contributed by atoms with E-state index in [1.165, 1.54) is 23.0 Å². The normalized spacial score (nSPS) is 14.1. The summed E-state index contributed by atoms with van der Waals surface area (Å²) in [5.41, 5.74) is 4.36. The first-order chi connectivity index (χ1) is 13.5. The minimum absolute atomic E-state index is 0.0762. The van der Waals surface area contributed by atoms with Gasteiger partial charge in [0.2, 0.25) is 11.8 Å². The molecule has 2 amide bonds. The fourth-order valence-electron chi connectivity index (χ4n) is 3.28. The highest BCUT2D eigenvalue weighted by Gasteiger charge is 2.21. The maximum atomic E-state index is 12.4. The molecule has 6 heteroatoms. The molecule has 1 aliphatic rings. The van der Waals surface area contributed by atoms with Gasteiger partial charge in [-0.3, -0.25) is 9.59 Å². The van der Waals surface area contributed by atoms with Crippen LogP contribution in [0.15, 0.2) is 48.5 Å². The number of carbonyl (C=O) groups excluding carboxylic acids is 2. The molecule has 5 nitrogen and oxygen atoms in total. The minimum atomic E-state index is -0.0762. The Bertz CT molecular complexity index is 832. The van der Waals surface area contributed by atoms with Crippen LogP contribution < -0.4 is 10.2 Å². The summed E-state index contributed by atoms with van der Waals surface area (Å²) in [5, 5.41) is 2.87. The van der Waals surface area contributed by atoms with Crippen molar-refractivity contribution >= 4 is 35.0 Å². The molecule has 0 unspecified atom stereocenters. The van der Waals surface area contributed by atoms with Crippen LogP contribution in [-0.2, 0) is 9.59 Å². The molecule has 148 valence electrons. The first kappa shape index (κ1) is 20.3. The van der Waals surface area contributed by atoms with E-state index in [0.717, 1.165) is 37.4 Å². The molecule has 0 aliphatic carbocycles. The van der Waals surface area contributed by atoms with Gasteiger partial charge in [0, 0.05) is 37.6 Å². The molecule has 2 aromatic carbocycles. The zero-order chi connectivity index (χ0) is 19.9. The van der Waals surface area contributed by atoms with Gasteiger partial charge in [0.1, 0.15) is 0 Å². The Morgan fingerprint density at radius 2 is 1.61 bits per heavy atom. The number of piperazine rings is 1. The summed E-state index contributed by atoms with van der Waals surface area (Å²) in [6.07, 6.45) is 0. The van der Waals surface area contributed by atoms with E-state index in [1.54, 1.807) is 0 Å². The van der Waals surface area contributed by atoms with E-state index in [-0.39, 0.29) is 17.6 Å². The number of amides is 2. The van der Waals surface area contributed by atoms with Crippen LogP contribution >= 0.6 is 11.8 Å². The molecule has 1 N–H and O–H groups in total. The molecule has 0 saturated carbocycles. The number of carbonyl (C=O) groups is 2. The van der Waals surface area contributed by atoms with E-state index in [4.69, 9.17) is 0 Å². The Morgan fingerprint density at radius 1 is 0.929 bits per heavy atom. The zero-order valence-electron chi connectivity index (χ0n) is 16.5. The average Bonchev–Trinajstić information content (AvgIpc) is 2.68. The molecular formula is C22H27N3O2S. The summed E-state index contributed by atoms with van der Waals surface area (Å²) < 4.78 is 0. The van der Waals surface area contributed by atoms with Crippen LogP contribution in [-0.4, -0.2) is 54.4 Å². The van der Waals surface area contributed by atoms with Crippen molar-refractivity contribution in [1.29, 1.82) is 0 Å². The molecule has 2 aromatic rings. The van der Waals surface area contributed by atoms with Crippen molar-refractivity contribution in [2.24, 2.45) is 0 Å². The van der Waals surface area contributed by atoms with Gasteiger partial charge in [-0.1, -0.05) is 24.3 Å². The summed E-state index contributed by atoms with van der Waals surface area (Å²) >= 11 is 1.37. The summed E-state index contributed by atoms with van der Waals surface area (Å²) in [7, 11) is 0. The van der Waals surface area contributed by atoms with Crippen molar-refractivity contribution in [1.82, 2.24) is 4.90 Å². The van der Waals surface area contributed by atoms with Gasteiger partial charge >= 0.3 is 0 Å². The van der Waals surface area contributed by atoms with Gasteiger partial charge in [0.25, 0.3) is 0 Å². The van der Waals surface area contributed by atoms with Crippen molar-refractivity contribution < 1.29 is 9.59 Å². The monoisotopic (exact) mass is 397 g/mol. The highest BCUT2D eigenvalue weighted by Crippen LogP contribution is 2.18. The lowest BCUT2D eigenvalue weighted by Gasteiger charge is -2.36. The molecule has 0 spiro atoms. The molecule has 0 aromatic heterocycles. The van der Waals surface area contributed by atoms with Crippen molar-refractivity contribution in [3.63, 3.8) is 0 Å². The third kappa shape index (κ3) is 5.76. The van der Waals surface area contributed by atoms with Crippen molar-refractivity contribution in [3.8, 4) is 0 Å². The fraction of sp³-hybridized carbons (Fsp3) is 0.364. The lowest BCUT2D eigenvalue weighted by molar-refractivity contribution is -0.128.